The van der Waals surface area contributed by atoms with E-state index < -0.39 is 5.97 Å². The second kappa shape index (κ2) is 4.10. The molecule has 0 amide bonds. The quantitative estimate of drug-likeness (QED) is 0.856. The highest BCUT2D eigenvalue weighted by molar-refractivity contribution is 7.13. The van der Waals surface area contributed by atoms with E-state index in [4.69, 9.17) is 5.11 Å². The van der Waals surface area contributed by atoms with E-state index >= 15 is 0 Å². The number of carboxylic acid groups (broad SMARTS) is 1. The van der Waals surface area contributed by atoms with E-state index in [0.29, 0.717) is 5.56 Å². The van der Waals surface area contributed by atoms with Gasteiger partial charge < -0.3 is 5.11 Å². The van der Waals surface area contributed by atoms with Crippen molar-refractivity contribution < 1.29 is 9.90 Å². The average Bonchev–Trinajstić information content (AvgIpc) is 2.65. The first-order chi connectivity index (χ1) is 7.59. The largest absolute Gasteiger partial charge is 0.478 e. The Morgan fingerprint density at radius 3 is 2.50 bits per heavy atom. The zero-order chi connectivity index (χ0) is 11.7. The van der Waals surface area contributed by atoms with E-state index in [1.165, 1.54) is 5.56 Å². The van der Waals surface area contributed by atoms with E-state index in [9.17, 15) is 4.79 Å². The van der Waals surface area contributed by atoms with Gasteiger partial charge >= 0.3 is 5.97 Å². The number of aryl methyl sites for hydroxylation is 2. The zero-order valence-electron chi connectivity index (χ0n) is 9.15. The number of rotatable bonds is 2. The first kappa shape index (κ1) is 10.9. The molecule has 0 unspecified atom stereocenters. The van der Waals surface area contributed by atoms with Gasteiger partial charge in [0.2, 0.25) is 0 Å². The summed E-state index contributed by atoms with van der Waals surface area (Å²) in [4.78, 5) is 12.1. The Hall–Kier alpha value is -1.61. The molecule has 0 radical (unpaired) electrons. The molecule has 0 aliphatic rings. The summed E-state index contributed by atoms with van der Waals surface area (Å²) in [6.45, 7) is 4.04. The van der Waals surface area contributed by atoms with Crippen LogP contribution >= 0.6 is 11.3 Å². The van der Waals surface area contributed by atoms with Gasteiger partial charge in [0, 0.05) is 4.88 Å². The van der Waals surface area contributed by atoms with Gasteiger partial charge in [-0.3, -0.25) is 0 Å². The molecule has 0 saturated heterocycles. The van der Waals surface area contributed by atoms with Crippen LogP contribution in [0.3, 0.4) is 0 Å². The van der Waals surface area contributed by atoms with Gasteiger partial charge in [0.1, 0.15) is 0 Å². The molecule has 1 aromatic heterocycles. The highest BCUT2D eigenvalue weighted by atomic mass is 32.1. The van der Waals surface area contributed by atoms with Crippen molar-refractivity contribution in [1.82, 2.24) is 0 Å². The van der Waals surface area contributed by atoms with Crippen LogP contribution < -0.4 is 0 Å². The predicted molar refractivity (Wildman–Crippen MR) is 66.2 cm³/mol. The molecule has 1 heterocycles. The fraction of sp³-hybridized carbons (Fsp3) is 0.154. The standard InChI is InChI=1S/C13H12O2S/c1-8-3-4-10(13(14)15)7-11(8)12-9(2)5-6-16-12/h3-7H,1-2H3,(H,14,15). The molecule has 0 aliphatic carbocycles. The molecule has 0 spiro atoms. The van der Waals surface area contributed by atoms with Crippen molar-refractivity contribution in [3.63, 3.8) is 0 Å². The van der Waals surface area contributed by atoms with Crippen LogP contribution in [0.4, 0.5) is 0 Å². The van der Waals surface area contributed by atoms with Crippen LogP contribution in [0.15, 0.2) is 29.6 Å². The first-order valence-electron chi connectivity index (χ1n) is 4.98. The van der Waals surface area contributed by atoms with Gasteiger partial charge in [-0.1, -0.05) is 6.07 Å². The van der Waals surface area contributed by atoms with Gasteiger partial charge in [0.25, 0.3) is 0 Å². The second-order valence-corrected chi connectivity index (χ2v) is 4.68. The molecule has 82 valence electrons. The number of aromatic carboxylic acids is 1. The minimum absolute atomic E-state index is 0.341. The van der Waals surface area contributed by atoms with E-state index in [1.807, 2.05) is 31.4 Å². The van der Waals surface area contributed by atoms with Crippen LogP contribution in [0.2, 0.25) is 0 Å². The van der Waals surface area contributed by atoms with Crippen LogP contribution in [0.5, 0.6) is 0 Å². The van der Waals surface area contributed by atoms with Gasteiger partial charge in [0.05, 0.1) is 5.56 Å². The minimum Gasteiger partial charge on any atom is -0.478 e. The number of hydrogen-bond donors (Lipinski definition) is 1. The number of carbonyl (C=O) groups is 1. The third-order valence-corrected chi connectivity index (χ3v) is 3.64. The van der Waals surface area contributed by atoms with Crippen LogP contribution in [-0.4, -0.2) is 11.1 Å². The monoisotopic (exact) mass is 232 g/mol. The lowest BCUT2D eigenvalue weighted by molar-refractivity contribution is 0.0697. The van der Waals surface area contributed by atoms with Gasteiger partial charge in [-0.15, -0.1) is 11.3 Å². The van der Waals surface area contributed by atoms with Crippen LogP contribution in [-0.2, 0) is 0 Å². The zero-order valence-corrected chi connectivity index (χ0v) is 9.97. The van der Waals surface area contributed by atoms with Crippen molar-refractivity contribution >= 4 is 17.3 Å². The molecule has 16 heavy (non-hydrogen) atoms. The van der Waals surface area contributed by atoms with Gasteiger partial charge in [-0.25, -0.2) is 4.79 Å². The number of carboxylic acids is 1. The van der Waals surface area contributed by atoms with Crippen molar-refractivity contribution in [3.05, 3.63) is 46.3 Å². The first-order valence-corrected chi connectivity index (χ1v) is 5.86. The Morgan fingerprint density at radius 2 is 1.94 bits per heavy atom. The van der Waals surface area contributed by atoms with Crippen molar-refractivity contribution in [2.45, 2.75) is 13.8 Å². The third-order valence-electron chi connectivity index (χ3n) is 2.59. The normalized spacial score (nSPS) is 10.4. The molecule has 3 heteroatoms. The minimum atomic E-state index is -0.879. The van der Waals surface area contributed by atoms with Gasteiger partial charge in [-0.05, 0) is 54.1 Å². The molecule has 0 fully saturated rings. The number of benzene rings is 1. The maximum atomic E-state index is 10.9. The molecule has 0 bridgehead atoms. The summed E-state index contributed by atoms with van der Waals surface area (Å²) in [5.74, 6) is -0.879. The predicted octanol–water partition coefficient (Wildman–Crippen LogP) is 3.73. The molecule has 0 aliphatic heterocycles. The smallest absolute Gasteiger partial charge is 0.335 e. The van der Waals surface area contributed by atoms with E-state index in [2.05, 4.69) is 0 Å². The summed E-state index contributed by atoms with van der Waals surface area (Å²) >= 11 is 1.64. The maximum Gasteiger partial charge on any atom is 0.335 e. The van der Waals surface area contributed by atoms with E-state index in [0.717, 1.165) is 16.0 Å². The Bertz CT molecular complexity index is 541. The Morgan fingerprint density at radius 1 is 1.19 bits per heavy atom. The van der Waals surface area contributed by atoms with Crippen LogP contribution in [0, 0.1) is 13.8 Å². The summed E-state index contributed by atoms with van der Waals surface area (Å²) in [5, 5.41) is 11.0. The summed E-state index contributed by atoms with van der Waals surface area (Å²) in [6, 6.07) is 7.30. The molecule has 0 atom stereocenters. The summed E-state index contributed by atoms with van der Waals surface area (Å²) in [5.41, 5.74) is 3.66. The van der Waals surface area contributed by atoms with Gasteiger partial charge in [-0.2, -0.15) is 0 Å². The third kappa shape index (κ3) is 1.86. The summed E-state index contributed by atoms with van der Waals surface area (Å²) in [6.07, 6.45) is 0. The van der Waals surface area contributed by atoms with Crippen molar-refractivity contribution in [1.29, 1.82) is 0 Å². The molecule has 1 aromatic carbocycles. The molecular formula is C13H12O2S. The van der Waals surface area contributed by atoms with E-state index in [1.54, 1.807) is 23.5 Å². The maximum absolute atomic E-state index is 10.9. The van der Waals surface area contributed by atoms with Crippen molar-refractivity contribution in [3.8, 4) is 10.4 Å². The summed E-state index contributed by atoms with van der Waals surface area (Å²) in [7, 11) is 0. The number of thiophene rings is 1. The Labute approximate surface area is 98.2 Å². The SMILES string of the molecule is Cc1ccc(C(=O)O)cc1-c1sccc1C. The topological polar surface area (TPSA) is 37.3 Å². The Kier molecular flexibility index (Phi) is 2.79. The fourth-order valence-electron chi connectivity index (χ4n) is 1.65. The fourth-order valence-corrected chi connectivity index (χ4v) is 2.66. The average molecular weight is 232 g/mol. The van der Waals surface area contributed by atoms with Gasteiger partial charge in [0.15, 0.2) is 0 Å². The van der Waals surface area contributed by atoms with Crippen molar-refractivity contribution in [2.75, 3.05) is 0 Å². The molecule has 2 nitrogen and oxygen atoms in total. The molecule has 1 N–H and O–H groups in total. The molecule has 0 saturated carbocycles. The molecular weight excluding hydrogens is 220 g/mol. The van der Waals surface area contributed by atoms with E-state index in [-0.39, 0.29) is 0 Å². The molecule has 2 aromatic rings. The number of hydrogen-bond acceptors (Lipinski definition) is 2. The Balaban J connectivity index is 2.60. The second-order valence-electron chi connectivity index (χ2n) is 3.77. The lowest BCUT2D eigenvalue weighted by Gasteiger charge is -2.06. The molecule has 2 rings (SSSR count). The van der Waals surface area contributed by atoms with Crippen LogP contribution in [0.1, 0.15) is 21.5 Å². The lowest BCUT2D eigenvalue weighted by atomic mass is 10.0. The lowest BCUT2D eigenvalue weighted by Crippen LogP contribution is -1.97. The highest BCUT2D eigenvalue weighted by Gasteiger charge is 2.10. The van der Waals surface area contributed by atoms with Crippen molar-refractivity contribution in [2.24, 2.45) is 0 Å². The summed E-state index contributed by atoms with van der Waals surface area (Å²) < 4.78 is 0. The highest BCUT2D eigenvalue weighted by Crippen LogP contribution is 2.32. The van der Waals surface area contributed by atoms with Crippen LogP contribution in [0.25, 0.3) is 10.4 Å².